The molecule has 1 aliphatic carbocycles. The molecule has 0 saturated heterocycles. The van der Waals surface area contributed by atoms with Gasteiger partial charge in [0.1, 0.15) is 0 Å². The van der Waals surface area contributed by atoms with E-state index in [9.17, 15) is 0 Å². The van der Waals surface area contributed by atoms with E-state index < -0.39 is 0 Å². The molecule has 5 rings (SSSR count). The van der Waals surface area contributed by atoms with Crippen LogP contribution in [0.15, 0.2) is 36.9 Å². The zero-order valence-corrected chi connectivity index (χ0v) is 14.5. The highest BCUT2D eigenvalue weighted by atomic mass is 15.3. The number of nitrogens with zero attached hydrogens (tertiary/aromatic N) is 7. The quantitative estimate of drug-likeness (QED) is 0.577. The third kappa shape index (κ3) is 2.26. The first kappa shape index (κ1) is 14.4. The standard InChI is InChI=1S/C18H19N7/c1-11-8-20-25-5-4-15(21-18(11)25)17-7-16(22-24(17)3)14-6-13(14)12-9-19-23(2)10-12/h4-5,7-10,13-14H,6H2,1-3H3. The molecule has 4 aromatic heterocycles. The Morgan fingerprint density at radius 3 is 2.80 bits per heavy atom. The average Bonchev–Trinajstić information content (AvgIpc) is 2.91. The predicted octanol–water partition coefficient (Wildman–Crippen LogP) is 2.44. The van der Waals surface area contributed by atoms with Crippen molar-refractivity contribution in [2.24, 2.45) is 14.1 Å². The number of aromatic nitrogens is 7. The Balaban J connectivity index is 1.48. The second-order valence-electron chi connectivity index (χ2n) is 6.88. The molecule has 1 saturated carbocycles. The number of hydrogen-bond acceptors (Lipinski definition) is 4. The SMILES string of the molecule is Cc1cnn2ccc(-c3cc(C4CC4c4cnn(C)c4)nn3C)nc12. The Hall–Kier alpha value is -2.96. The molecule has 4 aromatic rings. The molecule has 4 heterocycles. The average molecular weight is 333 g/mol. The lowest BCUT2D eigenvalue weighted by atomic mass is 10.1. The first-order chi connectivity index (χ1) is 12.1. The maximum Gasteiger partial charge on any atom is 0.158 e. The summed E-state index contributed by atoms with van der Waals surface area (Å²) in [6, 6.07) is 4.16. The van der Waals surface area contributed by atoms with Crippen molar-refractivity contribution in [3.05, 3.63) is 53.7 Å². The molecule has 0 N–H and O–H groups in total. The van der Waals surface area contributed by atoms with Gasteiger partial charge in [0.05, 0.1) is 29.5 Å². The molecule has 0 bridgehead atoms. The van der Waals surface area contributed by atoms with Crippen molar-refractivity contribution < 1.29 is 0 Å². The Morgan fingerprint density at radius 1 is 1.12 bits per heavy atom. The van der Waals surface area contributed by atoms with Crippen LogP contribution in [0.1, 0.15) is 35.1 Å². The van der Waals surface area contributed by atoms with Crippen LogP contribution in [0.5, 0.6) is 0 Å². The van der Waals surface area contributed by atoms with E-state index >= 15 is 0 Å². The van der Waals surface area contributed by atoms with Gasteiger partial charge in [0.2, 0.25) is 0 Å². The lowest BCUT2D eigenvalue weighted by Gasteiger charge is -2.01. The van der Waals surface area contributed by atoms with E-state index in [1.165, 1.54) is 5.56 Å². The number of hydrogen-bond donors (Lipinski definition) is 0. The van der Waals surface area contributed by atoms with Gasteiger partial charge in [-0.1, -0.05) is 0 Å². The van der Waals surface area contributed by atoms with Gasteiger partial charge in [-0.05, 0) is 37.0 Å². The highest BCUT2D eigenvalue weighted by Crippen LogP contribution is 2.54. The number of rotatable bonds is 3. The summed E-state index contributed by atoms with van der Waals surface area (Å²) in [6.45, 7) is 2.02. The van der Waals surface area contributed by atoms with Crippen molar-refractivity contribution >= 4 is 5.65 Å². The highest BCUT2D eigenvalue weighted by molar-refractivity contribution is 5.60. The summed E-state index contributed by atoms with van der Waals surface area (Å²) in [5.74, 6) is 1.01. The Bertz CT molecular complexity index is 1080. The summed E-state index contributed by atoms with van der Waals surface area (Å²) < 4.78 is 5.59. The van der Waals surface area contributed by atoms with Crippen LogP contribution in [0.2, 0.25) is 0 Å². The molecule has 1 fully saturated rings. The minimum absolute atomic E-state index is 0.476. The molecule has 25 heavy (non-hydrogen) atoms. The van der Waals surface area contributed by atoms with Crippen LogP contribution in [0.3, 0.4) is 0 Å². The van der Waals surface area contributed by atoms with Gasteiger partial charge in [0.25, 0.3) is 0 Å². The molecule has 2 unspecified atom stereocenters. The fourth-order valence-corrected chi connectivity index (χ4v) is 3.56. The maximum absolute atomic E-state index is 4.77. The zero-order valence-electron chi connectivity index (χ0n) is 14.5. The second kappa shape index (κ2) is 5.02. The van der Waals surface area contributed by atoms with Gasteiger partial charge in [-0.3, -0.25) is 9.36 Å². The summed E-state index contributed by atoms with van der Waals surface area (Å²) >= 11 is 0. The molecular formula is C18H19N7. The summed E-state index contributed by atoms with van der Waals surface area (Å²) in [4.78, 5) is 4.77. The van der Waals surface area contributed by atoms with Gasteiger partial charge in [0.15, 0.2) is 5.65 Å². The number of fused-ring (bicyclic) bond motifs is 1. The Kier molecular flexibility index (Phi) is 2.89. The molecule has 7 nitrogen and oxygen atoms in total. The van der Waals surface area contributed by atoms with E-state index in [2.05, 4.69) is 22.5 Å². The minimum Gasteiger partial charge on any atom is -0.276 e. The van der Waals surface area contributed by atoms with Gasteiger partial charge in [-0.2, -0.15) is 15.3 Å². The van der Waals surface area contributed by atoms with E-state index in [0.29, 0.717) is 11.8 Å². The van der Waals surface area contributed by atoms with Crippen LogP contribution in [0.25, 0.3) is 17.0 Å². The van der Waals surface area contributed by atoms with Crippen LogP contribution in [-0.4, -0.2) is 34.2 Å². The second-order valence-corrected chi connectivity index (χ2v) is 6.88. The van der Waals surface area contributed by atoms with Gasteiger partial charge >= 0.3 is 0 Å². The Morgan fingerprint density at radius 2 is 2.00 bits per heavy atom. The van der Waals surface area contributed by atoms with Crippen molar-refractivity contribution in [2.75, 3.05) is 0 Å². The molecule has 0 aliphatic heterocycles. The largest absolute Gasteiger partial charge is 0.276 e. The summed E-state index contributed by atoms with van der Waals surface area (Å²) in [5, 5.41) is 13.3. The smallest absolute Gasteiger partial charge is 0.158 e. The maximum atomic E-state index is 4.77. The van der Waals surface area contributed by atoms with Gasteiger partial charge in [-0.15, -0.1) is 0 Å². The van der Waals surface area contributed by atoms with Crippen molar-refractivity contribution in [2.45, 2.75) is 25.2 Å². The lowest BCUT2D eigenvalue weighted by molar-refractivity contribution is 0.744. The summed E-state index contributed by atoms with van der Waals surface area (Å²) in [5.41, 5.74) is 6.36. The Labute approximate surface area is 144 Å². The van der Waals surface area contributed by atoms with E-state index in [1.807, 2.05) is 55.0 Å². The van der Waals surface area contributed by atoms with Crippen LogP contribution in [0, 0.1) is 6.92 Å². The third-order valence-electron chi connectivity index (χ3n) is 5.03. The normalized spacial score (nSPS) is 19.6. The highest BCUT2D eigenvalue weighted by Gasteiger charge is 2.42. The predicted molar refractivity (Wildman–Crippen MR) is 93.2 cm³/mol. The fourth-order valence-electron chi connectivity index (χ4n) is 3.56. The van der Waals surface area contributed by atoms with Crippen molar-refractivity contribution in [1.82, 2.24) is 34.2 Å². The topological polar surface area (TPSA) is 65.8 Å². The van der Waals surface area contributed by atoms with Crippen LogP contribution in [-0.2, 0) is 14.1 Å². The monoisotopic (exact) mass is 333 g/mol. The summed E-state index contributed by atoms with van der Waals surface area (Å²) in [6.07, 6.45) is 8.99. The van der Waals surface area contributed by atoms with Gasteiger partial charge in [0, 0.05) is 38.0 Å². The van der Waals surface area contributed by atoms with E-state index in [4.69, 9.17) is 10.1 Å². The zero-order chi connectivity index (χ0) is 17.1. The van der Waals surface area contributed by atoms with Crippen molar-refractivity contribution in [3.63, 3.8) is 0 Å². The first-order valence-electron chi connectivity index (χ1n) is 8.44. The molecule has 7 heteroatoms. The van der Waals surface area contributed by atoms with Crippen LogP contribution in [0.4, 0.5) is 0 Å². The van der Waals surface area contributed by atoms with Crippen LogP contribution < -0.4 is 0 Å². The molecule has 0 aromatic carbocycles. The van der Waals surface area contributed by atoms with Crippen LogP contribution >= 0.6 is 0 Å². The van der Waals surface area contributed by atoms with Crippen molar-refractivity contribution in [3.8, 4) is 11.4 Å². The van der Waals surface area contributed by atoms with Gasteiger partial charge in [-0.25, -0.2) is 9.50 Å². The third-order valence-corrected chi connectivity index (χ3v) is 5.03. The molecule has 126 valence electrons. The minimum atomic E-state index is 0.476. The van der Waals surface area contributed by atoms with E-state index in [0.717, 1.165) is 34.7 Å². The lowest BCUT2D eigenvalue weighted by Crippen LogP contribution is -1.98. The molecule has 0 radical (unpaired) electrons. The molecule has 0 spiro atoms. The number of aryl methyl sites for hydroxylation is 3. The molecular weight excluding hydrogens is 314 g/mol. The van der Waals surface area contributed by atoms with E-state index in [-0.39, 0.29) is 0 Å². The molecule has 2 atom stereocenters. The van der Waals surface area contributed by atoms with Gasteiger partial charge < -0.3 is 0 Å². The molecule has 1 aliphatic rings. The summed E-state index contributed by atoms with van der Waals surface area (Å²) in [7, 11) is 3.94. The van der Waals surface area contributed by atoms with E-state index in [1.54, 1.807) is 4.52 Å². The molecule has 0 amide bonds. The first-order valence-corrected chi connectivity index (χ1v) is 8.44. The fraction of sp³-hybridized carbons (Fsp3) is 0.333. The van der Waals surface area contributed by atoms with Crippen molar-refractivity contribution in [1.29, 1.82) is 0 Å².